The third-order valence-electron chi connectivity index (χ3n) is 6.18. The molecule has 0 saturated carbocycles. The molecule has 1 fully saturated rings. The molecule has 1 aromatic heterocycles. The predicted octanol–water partition coefficient (Wildman–Crippen LogP) is 4.57. The van der Waals surface area contributed by atoms with Gasteiger partial charge in [0, 0.05) is 35.5 Å². The van der Waals surface area contributed by atoms with Gasteiger partial charge < -0.3 is 19.7 Å². The summed E-state index contributed by atoms with van der Waals surface area (Å²) in [5.74, 6) is 1.05. The second-order valence-corrected chi connectivity index (χ2v) is 10.1. The van der Waals surface area contributed by atoms with Crippen LogP contribution in [0.1, 0.15) is 68.8 Å². The molecule has 0 radical (unpaired) electrons. The number of benzene rings is 2. The van der Waals surface area contributed by atoms with Crippen LogP contribution in [0, 0.1) is 0 Å². The number of Topliss-reactive ketones (excluding diaryl/α,β-unsaturated/α-hetero) is 1. The van der Waals surface area contributed by atoms with Gasteiger partial charge in [-0.1, -0.05) is 0 Å². The number of rotatable bonds is 9. The van der Waals surface area contributed by atoms with Crippen LogP contribution in [0.25, 0.3) is 0 Å². The summed E-state index contributed by atoms with van der Waals surface area (Å²) >= 11 is 1.44. The number of hydrogen-bond donors (Lipinski definition) is 1. The molecule has 0 spiro atoms. The Hall–Kier alpha value is -3.72. The summed E-state index contributed by atoms with van der Waals surface area (Å²) in [6.45, 7) is 5.08. The van der Waals surface area contributed by atoms with Crippen molar-refractivity contribution in [1.29, 1.82) is 0 Å². The lowest BCUT2D eigenvalue weighted by atomic mass is 9.97. The molecule has 3 aromatic rings. The first-order valence-corrected chi connectivity index (χ1v) is 13.2. The summed E-state index contributed by atoms with van der Waals surface area (Å²) in [6, 6.07) is 14.0. The van der Waals surface area contributed by atoms with Gasteiger partial charge in [0.2, 0.25) is 0 Å². The van der Waals surface area contributed by atoms with Crippen LogP contribution >= 0.6 is 11.3 Å². The Morgan fingerprint density at radius 2 is 1.62 bits per heavy atom. The van der Waals surface area contributed by atoms with Crippen LogP contribution in [-0.2, 0) is 0 Å². The van der Waals surface area contributed by atoms with Gasteiger partial charge in [-0.25, -0.2) is 4.98 Å². The summed E-state index contributed by atoms with van der Waals surface area (Å²) in [5.41, 5.74) is 1.46. The zero-order chi connectivity index (χ0) is 26.4. The monoisotopic (exact) mass is 521 g/mol. The SMILES string of the molecule is COc1ccc(C(=O)CNC(=O)c2csc(C3CCN(C(=O)c4ccc(OC(C)C)cc4)CC3)n2)cc1. The van der Waals surface area contributed by atoms with E-state index in [1.165, 1.54) is 11.3 Å². The molecule has 0 bridgehead atoms. The molecule has 1 N–H and O–H groups in total. The van der Waals surface area contributed by atoms with Gasteiger partial charge in [-0.05, 0) is 75.2 Å². The van der Waals surface area contributed by atoms with Crippen molar-refractivity contribution in [3.63, 3.8) is 0 Å². The minimum atomic E-state index is -0.373. The van der Waals surface area contributed by atoms with Crippen LogP contribution in [0.3, 0.4) is 0 Å². The maximum atomic E-state index is 12.9. The second-order valence-electron chi connectivity index (χ2n) is 9.16. The molecule has 1 aliphatic rings. The van der Waals surface area contributed by atoms with Crippen LogP contribution in [0.4, 0.5) is 0 Å². The van der Waals surface area contributed by atoms with Crippen molar-refractivity contribution in [2.45, 2.75) is 38.7 Å². The summed E-state index contributed by atoms with van der Waals surface area (Å²) in [7, 11) is 1.56. The lowest BCUT2D eigenvalue weighted by molar-refractivity contribution is 0.0712. The number of carbonyl (C=O) groups excluding carboxylic acids is 3. The first-order valence-electron chi connectivity index (χ1n) is 12.3. The molecule has 4 rings (SSSR count). The van der Waals surface area contributed by atoms with Crippen LogP contribution < -0.4 is 14.8 Å². The Bertz CT molecular complexity index is 1230. The van der Waals surface area contributed by atoms with Crippen molar-refractivity contribution in [3.05, 3.63) is 75.7 Å². The zero-order valence-electron chi connectivity index (χ0n) is 21.2. The topological polar surface area (TPSA) is 97.8 Å². The van der Waals surface area contributed by atoms with Gasteiger partial charge >= 0.3 is 0 Å². The van der Waals surface area contributed by atoms with Gasteiger partial charge in [-0.3, -0.25) is 14.4 Å². The summed E-state index contributed by atoms with van der Waals surface area (Å²) in [4.78, 5) is 44.2. The van der Waals surface area contributed by atoms with Gasteiger partial charge in [0.1, 0.15) is 17.2 Å². The van der Waals surface area contributed by atoms with E-state index in [0.29, 0.717) is 35.7 Å². The smallest absolute Gasteiger partial charge is 0.271 e. The lowest BCUT2D eigenvalue weighted by Crippen LogP contribution is -2.37. The van der Waals surface area contributed by atoms with Gasteiger partial charge in [-0.2, -0.15) is 0 Å². The highest BCUT2D eigenvalue weighted by Gasteiger charge is 2.27. The second kappa shape index (κ2) is 12.0. The van der Waals surface area contributed by atoms with Crippen LogP contribution in [0.15, 0.2) is 53.9 Å². The van der Waals surface area contributed by atoms with E-state index in [2.05, 4.69) is 10.3 Å². The molecule has 9 heteroatoms. The van der Waals surface area contributed by atoms with E-state index in [1.54, 1.807) is 48.9 Å². The lowest BCUT2D eigenvalue weighted by Gasteiger charge is -2.31. The molecular formula is C28H31N3O5S. The van der Waals surface area contributed by atoms with Crippen molar-refractivity contribution < 1.29 is 23.9 Å². The standard InChI is InChI=1S/C28H31N3O5S/c1-18(2)36-23-10-6-21(7-11-23)28(34)31-14-12-20(13-15-31)27-30-24(17-37-27)26(33)29-16-25(32)19-4-8-22(35-3)9-5-19/h4-11,17-18,20H,12-16H2,1-3H3,(H,29,33). The number of ketones is 1. The number of nitrogens with one attached hydrogen (secondary N) is 1. The Kier molecular flexibility index (Phi) is 8.55. The van der Waals surface area contributed by atoms with Crippen LogP contribution in [0.2, 0.25) is 0 Å². The number of likely N-dealkylation sites (tertiary alicyclic amines) is 1. The van der Waals surface area contributed by atoms with E-state index in [1.807, 2.05) is 30.9 Å². The number of ether oxygens (including phenoxy) is 2. The number of nitrogens with zero attached hydrogens (tertiary/aromatic N) is 2. The highest BCUT2D eigenvalue weighted by molar-refractivity contribution is 7.09. The van der Waals surface area contributed by atoms with Crippen molar-refractivity contribution in [2.24, 2.45) is 0 Å². The minimum absolute atomic E-state index is 0.00952. The largest absolute Gasteiger partial charge is 0.497 e. The van der Waals surface area contributed by atoms with Gasteiger partial charge in [0.15, 0.2) is 5.78 Å². The van der Waals surface area contributed by atoms with Crippen LogP contribution in [0.5, 0.6) is 11.5 Å². The number of piperidine rings is 1. The summed E-state index contributed by atoms with van der Waals surface area (Å²) < 4.78 is 10.7. The fourth-order valence-electron chi connectivity index (χ4n) is 4.17. The number of thiazole rings is 1. The van der Waals surface area contributed by atoms with Crippen molar-refractivity contribution in [3.8, 4) is 11.5 Å². The van der Waals surface area contributed by atoms with E-state index in [4.69, 9.17) is 9.47 Å². The molecule has 194 valence electrons. The Balaban J connectivity index is 1.26. The summed E-state index contributed by atoms with van der Waals surface area (Å²) in [5, 5.41) is 5.27. The third kappa shape index (κ3) is 6.74. The quantitative estimate of drug-likeness (QED) is 0.414. The van der Waals surface area contributed by atoms with E-state index in [9.17, 15) is 14.4 Å². The molecule has 1 aliphatic heterocycles. The van der Waals surface area contributed by atoms with Crippen molar-refractivity contribution in [2.75, 3.05) is 26.7 Å². The van der Waals surface area contributed by atoms with Crippen molar-refractivity contribution >= 4 is 28.9 Å². The summed E-state index contributed by atoms with van der Waals surface area (Å²) in [6.07, 6.45) is 1.65. The average molecular weight is 522 g/mol. The van der Waals surface area contributed by atoms with Crippen LogP contribution in [-0.4, -0.2) is 60.3 Å². The fraction of sp³-hybridized carbons (Fsp3) is 0.357. The number of hydrogen-bond acceptors (Lipinski definition) is 7. The Labute approximate surface area is 220 Å². The maximum Gasteiger partial charge on any atom is 0.271 e. The Morgan fingerprint density at radius 1 is 1.00 bits per heavy atom. The molecule has 0 aliphatic carbocycles. The predicted molar refractivity (Wildman–Crippen MR) is 142 cm³/mol. The van der Waals surface area contributed by atoms with Gasteiger partial charge in [-0.15, -0.1) is 11.3 Å². The van der Waals surface area contributed by atoms with E-state index in [0.717, 1.165) is 23.6 Å². The number of carbonyl (C=O) groups is 3. The normalized spacial score (nSPS) is 13.9. The highest BCUT2D eigenvalue weighted by Crippen LogP contribution is 2.31. The molecule has 2 heterocycles. The first kappa shape index (κ1) is 26.3. The number of methoxy groups -OCH3 is 1. The van der Waals surface area contributed by atoms with E-state index >= 15 is 0 Å². The number of amides is 2. The van der Waals surface area contributed by atoms with Gasteiger partial charge in [0.25, 0.3) is 11.8 Å². The molecule has 8 nitrogen and oxygen atoms in total. The minimum Gasteiger partial charge on any atom is -0.497 e. The first-order chi connectivity index (χ1) is 17.8. The molecule has 2 amide bonds. The maximum absolute atomic E-state index is 12.9. The molecule has 1 saturated heterocycles. The molecule has 37 heavy (non-hydrogen) atoms. The van der Waals surface area contributed by atoms with Gasteiger partial charge in [0.05, 0.1) is 24.8 Å². The highest BCUT2D eigenvalue weighted by atomic mass is 32.1. The van der Waals surface area contributed by atoms with E-state index < -0.39 is 0 Å². The third-order valence-corrected chi connectivity index (χ3v) is 7.19. The Morgan fingerprint density at radius 3 is 2.24 bits per heavy atom. The zero-order valence-corrected chi connectivity index (χ0v) is 22.0. The molecule has 0 atom stereocenters. The molecular weight excluding hydrogens is 490 g/mol. The number of aromatic nitrogens is 1. The van der Waals surface area contributed by atoms with Crippen molar-refractivity contribution in [1.82, 2.24) is 15.2 Å². The molecule has 2 aromatic carbocycles. The fourth-order valence-corrected chi connectivity index (χ4v) is 5.14. The molecule has 0 unspecified atom stereocenters. The average Bonchev–Trinajstić information content (AvgIpc) is 3.42. The van der Waals surface area contributed by atoms with E-state index in [-0.39, 0.29) is 36.2 Å².